The second kappa shape index (κ2) is 2.76. The van der Waals surface area contributed by atoms with Crippen LogP contribution in [0.5, 0.6) is 0 Å². The Labute approximate surface area is 65.2 Å². The highest BCUT2D eigenvalue weighted by atomic mass is 35.5. The highest BCUT2D eigenvalue weighted by Gasteiger charge is 2.06. The maximum Gasteiger partial charge on any atom is 0.0406 e. The molecule has 0 saturated carbocycles. The van der Waals surface area contributed by atoms with Crippen LogP contribution in [-0.4, -0.2) is 0 Å². The SMILES string of the molecule is CC1=C(Cl)CCC=C1Cl. The van der Waals surface area contributed by atoms with E-state index < -0.39 is 0 Å². The molecule has 0 atom stereocenters. The molecule has 50 valence electrons. The lowest BCUT2D eigenvalue weighted by atomic mass is 10.1. The first-order valence-electron chi connectivity index (χ1n) is 2.93. The smallest absolute Gasteiger partial charge is 0.0406 e. The minimum atomic E-state index is 0.811. The van der Waals surface area contributed by atoms with E-state index in [0.29, 0.717) is 0 Å². The third-order valence-electron chi connectivity index (χ3n) is 1.45. The molecule has 0 aliphatic heterocycles. The van der Waals surface area contributed by atoms with E-state index in [4.69, 9.17) is 23.2 Å². The second-order valence-corrected chi connectivity index (χ2v) is 2.98. The normalized spacial score (nSPS) is 20.1. The highest BCUT2D eigenvalue weighted by Crippen LogP contribution is 2.29. The van der Waals surface area contributed by atoms with Crippen LogP contribution < -0.4 is 0 Å². The van der Waals surface area contributed by atoms with Crippen molar-refractivity contribution in [2.75, 3.05) is 0 Å². The average molecular weight is 163 g/mol. The summed E-state index contributed by atoms with van der Waals surface area (Å²) in [5, 5.41) is 1.72. The molecule has 1 aliphatic carbocycles. The first-order chi connectivity index (χ1) is 4.22. The summed E-state index contributed by atoms with van der Waals surface area (Å²) < 4.78 is 0. The van der Waals surface area contributed by atoms with Crippen LogP contribution in [0.3, 0.4) is 0 Å². The highest BCUT2D eigenvalue weighted by molar-refractivity contribution is 6.35. The minimum Gasteiger partial charge on any atom is -0.0888 e. The molecule has 0 amide bonds. The molecule has 0 unspecified atom stereocenters. The number of hydrogen-bond donors (Lipinski definition) is 0. The van der Waals surface area contributed by atoms with Gasteiger partial charge in [0.2, 0.25) is 0 Å². The molecule has 0 N–H and O–H groups in total. The molecule has 1 rings (SSSR count). The molecule has 1 aliphatic rings. The van der Waals surface area contributed by atoms with Crippen molar-refractivity contribution >= 4 is 23.2 Å². The third kappa shape index (κ3) is 1.50. The Morgan fingerprint density at radius 2 is 2.11 bits per heavy atom. The Balaban J connectivity index is 2.88. The van der Waals surface area contributed by atoms with E-state index in [2.05, 4.69) is 0 Å². The van der Waals surface area contributed by atoms with Crippen LogP contribution in [0.15, 0.2) is 21.7 Å². The zero-order valence-electron chi connectivity index (χ0n) is 5.25. The fourth-order valence-electron chi connectivity index (χ4n) is 0.796. The van der Waals surface area contributed by atoms with Crippen LogP contribution in [-0.2, 0) is 0 Å². The lowest BCUT2D eigenvalue weighted by Gasteiger charge is -2.08. The number of halogens is 2. The molecule has 0 bridgehead atoms. The molecule has 0 heterocycles. The van der Waals surface area contributed by atoms with E-state index >= 15 is 0 Å². The van der Waals surface area contributed by atoms with Gasteiger partial charge in [0.15, 0.2) is 0 Å². The molecule has 0 radical (unpaired) electrons. The van der Waals surface area contributed by atoms with Crippen LogP contribution in [0, 0.1) is 0 Å². The van der Waals surface area contributed by atoms with Crippen molar-refractivity contribution in [3.63, 3.8) is 0 Å². The Morgan fingerprint density at radius 3 is 2.56 bits per heavy atom. The van der Waals surface area contributed by atoms with Gasteiger partial charge in [-0.05, 0) is 25.3 Å². The molecule has 0 saturated heterocycles. The molecular formula is C7H8Cl2. The predicted octanol–water partition coefficient (Wildman–Crippen LogP) is 3.42. The lowest BCUT2D eigenvalue weighted by Crippen LogP contribution is -1.88. The Bertz CT molecular complexity index is 177. The van der Waals surface area contributed by atoms with Crippen LogP contribution in [0.25, 0.3) is 0 Å². The second-order valence-electron chi connectivity index (χ2n) is 2.12. The van der Waals surface area contributed by atoms with Crippen LogP contribution in [0.1, 0.15) is 19.8 Å². The van der Waals surface area contributed by atoms with Crippen molar-refractivity contribution in [3.05, 3.63) is 21.7 Å². The standard InChI is InChI=1S/C7H8Cl2/c1-5-6(8)3-2-4-7(5)9/h3H,2,4H2,1H3. The summed E-state index contributed by atoms with van der Waals surface area (Å²) in [5.41, 5.74) is 1.03. The predicted molar refractivity (Wildman–Crippen MR) is 41.7 cm³/mol. The van der Waals surface area contributed by atoms with Gasteiger partial charge in [0.05, 0.1) is 0 Å². The summed E-state index contributed by atoms with van der Waals surface area (Å²) in [5.74, 6) is 0. The molecule has 0 aromatic rings. The summed E-state index contributed by atoms with van der Waals surface area (Å²) >= 11 is 11.6. The van der Waals surface area contributed by atoms with Crippen LogP contribution in [0.2, 0.25) is 0 Å². The topological polar surface area (TPSA) is 0 Å². The summed E-state index contributed by atoms with van der Waals surface area (Å²) in [7, 11) is 0. The van der Waals surface area contributed by atoms with Gasteiger partial charge < -0.3 is 0 Å². The molecule has 0 aromatic carbocycles. The first-order valence-corrected chi connectivity index (χ1v) is 3.68. The van der Waals surface area contributed by atoms with Gasteiger partial charge in [-0.3, -0.25) is 0 Å². The molecular weight excluding hydrogens is 155 g/mol. The van der Waals surface area contributed by atoms with Gasteiger partial charge in [0, 0.05) is 10.1 Å². The Morgan fingerprint density at radius 1 is 1.44 bits per heavy atom. The fraction of sp³-hybridized carbons (Fsp3) is 0.429. The first kappa shape index (κ1) is 7.17. The lowest BCUT2D eigenvalue weighted by molar-refractivity contribution is 0.990. The molecule has 0 nitrogen and oxygen atoms in total. The van der Waals surface area contributed by atoms with E-state index in [-0.39, 0.29) is 0 Å². The van der Waals surface area contributed by atoms with Crippen molar-refractivity contribution in [2.45, 2.75) is 19.8 Å². The average Bonchev–Trinajstić information content (AvgIpc) is 1.83. The summed E-state index contributed by atoms with van der Waals surface area (Å²) in [6.07, 6.45) is 3.93. The van der Waals surface area contributed by atoms with E-state index in [1.807, 2.05) is 13.0 Å². The molecule has 0 fully saturated rings. The van der Waals surface area contributed by atoms with E-state index in [9.17, 15) is 0 Å². The number of rotatable bonds is 0. The molecule has 0 aromatic heterocycles. The summed E-state index contributed by atoms with van der Waals surface area (Å²) in [6, 6.07) is 0. The maximum atomic E-state index is 5.82. The number of allylic oxidation sites excluding steroid dienone is 4. The quantitative estimate of drug-likeness (QED) is 0.513. The molecule has 0 spiro atoms. The zero-order valence-corrected chi connectivity index (χ0v) is 6.76. The Kier molecular flexibility index (Phi) is 2.20. The van der Waals surface area contributed by atoms with E-state index in [1.165, 1.54) is 0 Å². The van der Waals surface area contributed by atoms with Gasteiger partial charge in [-0.25, -0.2) is 0 Å². The molecule has 2 heteroatoms. The zero-order chi connectivity index (χ0) is 6.85. The van der Waals surface area contributed by atoms with Gasteiger partial charge in [-0.1, -0.05) is 29.3 Å². The molecule has 9 heavy (non-hydrogen) atoms. The van der Waals surface area contributed by atoms with Gasteiger partial charge in [-0.15, -0.1) is 0 Å². The fourth-order valence-corrected chi connectivity index (χ4v) is 1.28. The van der Waals surface area contributed by atoms with Crippen molar-refractivity contribution in [2.24, 2.45) is 0 Å². The van der Waals surface area contributed by atoms with E-state index in [0.717, 1.165) is 28.5 Å². The van der Waals surface area contributed by atoms with Gasteiger partial charge in [-0.2, -0.15) is 0 Å². The van der Waals surface area contributed by atoms with Crippen molar-refractivity contribution in [1.29, 1.82) is 0 Å². The van der Waals surface area contributed by atoms with Crippen LogP contribution >= 0.6 is 23.2 Å². The van der Waals surface area contributed by atoms with Crippen molar-refractivity contribution in [3.8, 4) is 0 Å². The summed E-state index contributed by atoms with van der Waals surface area (Å²) in [6.45, 7) is 1.94. The third-order valence-corrected chi connectivity index (χ3v) is 2.36. The van der Waals surface area contributed by atoms with Gasteiger partial charge in [0.25, 0.3) is 0 Å². The van der Waals surface area contributed by atoms with Crippen molar-refractivity contribution < 1.29 is 0 Å². The summed E-state index contributed by atoms with van der Waals surface area (Å²) in [4.78, 5) is 0. The van der Waals surface area contributed by atoms with Crippen molar-refractivity contribution in [1.82, 2.24) is 0 Å². The maximum absolute atomic E-state index is 5.82. The van der Waals surface area contributed by atoms with E-state index in [1.54, 1.807) is 0 Å². The largest absolute Gasteiger partial charge is 0.0888 e. The van der Waals surface area contributed by atoms with Gasteiger partial charge >= 0.3 is 0 Å². The Hall–Kier alpha value is 0.0600. The number of hydrogen-bond acceptors (Lipinski definition) is 0. The van der Waals surface area contributed by atoms with Gasteiger partial charge in [0.1, 0.15) is 0 Å². The minimum absolute atomic E-state index is 0.811. The monoisotopic (exact) mass is 162 g/mol. The van der Waals surface area contributed by atoms with Crippen LogP contribution in [0.4, 0.5) is 0 Å².